The van der Waals surface area contributed by atoms with Gasteiger partial charge in [-0.2, -0.15) is 0 Å². The van der Waals surface area contributed by atoms with E-state index in [1.54, 1.807) is 39.5 Å². The Morgan fingerprint density at radius 1 is 0.853 bits per heavy atom. The van der Waals surface area contributed by atoms with Crippen LogP contribution in [0.5, 0.6) is 17.2 Å². The average molecular weight is 453 g/mol. The van der Waals surface area contributed by atoms with E-state index in [-0.39, 0.29) is 18.1 Å². The van der Waals surface area contributed by atoms with Gasteiger partial charge in [-0.25, -0.2) is 4.98 Å². The number of methoxy groups -OCH3 is 3. The first-order valence-electron chi connectivity index (χ1n) is 10.8. The Labute approximate surface area is 197 Å². The number of carbonyl (C=O) groups excluding carboxylic acids is 1. The Balaban J connectivity index is 1.68. The molecule has 0 N–H and O–H groups in total. The Morgan fingerprint density at radius 2 is 1.53 bits per heavy atom. The molecule has 5 rings (SSSR count). The average Bonchev–Trinajstić information content (AvgIpc) is 2.89. The van der Waals surface area contributed by atoms with Gasteiger partial charge in [-0.3, -0.25) is 4.79 Å². The maximum Gasteiger partial charge on any atom is 0.230 e. The molecular weight excluding hydrogens is 430 g/mol. The predicted molar refractivity (Wildman–Crippen MR) is 130 cm³/mol. The summed E-state index contributed by atoms with van der Waals surface area (Å²) in [4.78, 5) is 18.5. The number of ketones is 1. The van der Waals surface area contributed by atoms with Crippen molar-refractivity contribution in [2.75, 3.05) is 21.3 Å². The van der Waals surface area contributed by atoms with Gasteiger partial charge in [0.15, 0.2) is 17.3 Å². The number of hydrogen-bond donors (Lipinski definition) is 0. The van der Waals surface area contributed by atoms with E-state index in [0.717, 1.165) is 22.0 Å². The lowest BCUT2D eigenvalue weighted by Crippen LogP contribution is -2.19. The Kier molecular flexibility index (Phi) is 5.64. The summed E-state index contributed by atoms with van der Waals surface area (Å²) < 4.78 is 22.2. The molecule has 4 aromatic rings. The molecule has 0 aliphatic carbocycles. The molecule has 6 heteroatoms. The van der Waals surface area contributed by atoms with E-state index in [1.807, 2.05) is 54.6 Å². The monoisotopic (exact) mass is 453 g/mol. The van der Waals surface area contributed by atoms with Crippen LogP contribution in [0.25, 0.3) is 28.1 Å². The van der Waals surface area contributed by atoms with Gasteiger partial charge in [0, 0.05) is 10.9 Å². The van der Waals surface area contributed by atoms with Crippen molar-refractivity contribution in [1.29, 1.82) is 0 Å². The van der Waals surface area contributed by atoms with Crippen LogP contribution in [0, 0.1) is 0 Å². The largest absolute Gasteiger partial charge is 0.493 e. The minimum absolute atomic E-state index is 0.196. The van der Waals surface area contributed by atoms with Crippen LogP contribution in [-0.4, -0.2) is 32.1 Å². The molecule has 0 saturated heterocycles. The molecule has 0 fully saturated rings. The van der Waals surface area contributed by atoms with Crippen molar-refractivity contribution in [1.82, 2.24) is 4.98 Å². The number of Topliss-reactive ketones (excluding diaryl/α,β-unsaturated/α-hetero) is 1. The summed E-state index contributed by atoms with van der Waals surface area (Å²) >= 11 is 0. The van der Waals surface area contributed by atoms with Crippen molar-refractivity contribution in [3.63, 3.8) is 0 Å². The minimum atomic E-state index is -0.216. The summed E-state index contributed by atoms with van der Waals surface area (Å²) in [6.45, 7) is 0.196. The van der Waals surface area contributed by atoms with Gasteiger partial charge in [0.05, 0.1) is 38.1 Å². The second-order valence-electron chi connectivity index (χ2n) is 7.78. The summed E-state index contributed by atoms with van der Waals surface area (Å²) in [5.41, 5.74) is 4.54. The number of aromatic nitrogens is 1. The van der Waals surface area contributed by atoms with E-state index in [9.17, 15) is 4.79 Å². The van der Waals surface area contributed by atoms with E-state index in [2.05, 4.69) is 0 Å². The van der Waals surface area contributed by atoms with Crippen LogP contribution in [0.2, 0.25) is 0 Å². The van der Waals surface area contributed by atoms with E-state index < -0.39 is 0 Å². The molecule has 0 saturated carbocycles. The number of nitrogens with zero attached hydrogens (tertiary/aromatic N) is 1. The van der Waals surface area contributed by atoms with Crippen LogP contribution in [-0.2, 0) is 11.3 Å². The summed E-state index contributed by atoms with van der Waals surface area (Å²) in [7, 11) is 4.65. The number of benzene rings is 3. The number of hydrogen-bond acceptors (Lipinski definition) is 6. The highest BCUT2D eigenvalue weighted by Gasteiger charge is 2.30. The van der Waals surface area contributed by atoms with Crippen LogP contribution in [0.15, 0.2) is 72.5 Å². The molecule has 0 bridgehead atoms. The standard InChI is InChI=1S/C28H23NO5/c1-31-23-14-17(15-24(32-2)28(23)33-3)13-22-27(30)26-21(16-34-22)29-20-12-8-7-11-19(20)25(26)18-9-5-4-6-10-18/h4-15H,16H2,1-3H3. The highest BCUT2D eigenvalue weighted by atomic mass is 16.5. The summed E-state index contributed by atoms with van der Waals surface area (Å²) in [5, 5.41) is 0.926. The van der Waals surface area contributed by atoms with Crippen molar-refractivity contribution in [3.05, 3.63) is 89.3 Å². The first-order chi connectivity index (χ1) is 16.6. The molecule has 2 heterocycles. The zero-order valence-electron chi connectivity index (χ0n) is 19.1. The van der Waals surface area contributed by atoms with Crippen LogP contribution in [0.1, 0.15) is 21.6 Å². The molecule has 6 nitrogen and oxygen atoms in total. The zero-order chi connectivity index (χ0) is 23.7. The van der Waals surface area contributed by atoms with Gasteiger partial charge in [0.1, 0.15) is 6.61 Å². The van der Waals surface area contributed by atoms with E-state index in [0.29, 0.717) is 34.1 Å². The maximum absolute atomic E-state index is 13.8. The van der Waals surface area contributed by atoms with E-state index in [1.165, 1.54) is 0 Å². The second kappa shape index (κ2) is 8.90. The lowest BCUT2D eigenvalue weighted by molar-refractivity contribution is 0.0867. The molecular formula is C28H23NO5. The molecule has 170 valence electrons. The third kappa shape index (κ3) is 3.63. The lowest BCUT2D eigenvalue weighted by Gasteiger charge is -2.23. The van der Waals surface area contributed by atoms with Crippen molar-refractivity contribution in [2.24, 2.45) is 0 Å². The Hall–Kier alpha value is -4.32. The van der Waals surface area contributed by atoms with E-state index in [4.69, 9.17) is 23.9 Å². The van der Waals surface area contributed by atoms with Crippen LogP contribution in [0.4, 0.5) is 0 Å². The van der Waals surface area contributed by atoms with Crippen molar-refractivity contribution in [2.45, 2.75) is 6.61 Å². The number of rotatable bonds is 5. The van der Waals surface area contributed by atoms with E-state index >= 15 is 0 Å². The molecule has 0 unspecified atom stereocenters. The lowest BCUT2D eigenvalue weighted by atomic mass is 9.90. The zero-order valence-corrected chi connectivity index (χ0v) is 19.1. The molecule has 0 amide bonds. The quantitative estimate of drug-likeness (QED) is 0.362. The molecule has 34 heavy (non-hydrogen) atoms. The molecule has 1 aliphatic heterocycles. The Morgan fingerprint density at radius 3 is 2.21 bits per heavy atom. The highest BCUT2D eigenvalue weighted by molar-refractivity contribution is 6.18. The third-order valence-corrected chi connectivity index (χ3v) is 5.83. The fourth-order valence-corrected chi connectivity index (χ4v) is 4.29. The van der Waals surface area contributed by atoms with Crippen LogP contribution >= 0.6 is 0 Å². The number of para-hydroxylation sites is 1. The summed E-state index contributed by atoms with van der Waals surface area (Å²) in [6, 6.07) is 21.3. The number of pyridine rings is 1. The van der Waals surface area contributed by atoms with Crippen molar-refractivity contribution >= 4 is 22.8 Å². The molecule has 1 aliphatic rings. The number of allylic oxidation sites excluding steroid dienone is 1. The number of carbonyl (C=O) groups is 1. The molecule has 0 radical (unpaired) electrons. The van der Waals surface area contributed by atoms with Crippen molar-refractivity contribution in [3.8, 4) is 28.4 Å². The third-order valence-electron chi connectivity index (χ3n) is 5.83. The number of fused-ring (bicyclic) bond motifs is 2. The first-order valence-corrected chi connectivity index (χ1v) is 10.8. The van der Waals surface area contributed by atoms with Gasteiger partial charge in [-0.15, -0.1) is 0 Å². The normalized spacial score (nSPS) is 14.0. The summed E-state index contributed by atoms with van der Waals surface area (Å²) in [5.74, 6) is 1.49. The van der Waals surface area contributed by atoms with Gasteiger partial charge in [-0.1, -0.05) is 48.5 Å². The second-order valence-corrected chi connectivity index (χ2v) is 7.78. The smallest absolute Gasteiger partial charge is 0.230 e. The summed E-state index contributed by atoms with van der Waals surface area (Å²) in [6.07, 6.45) is 1.69. The fraction of sp³-hybridized carbons (Fsp3) is 0.143. The number of ether oxygens (including phenoxy) is 4. The van der Waals surface area contributed by atoms with Crippen LogP contribution < -0.4 is 14.2 Å². The fourth-order valence-electron chi connectivity index (χ4n) is 4.29. The molecule has 3 aromatic carbocycles. The molecule has 0 spiro atoms. The highest BCUT2D eigenvalue weighted by Crippen LogP contribution is 2.40. The SMILES string of the molecule is COc1cc(C=C2OCc3nc4ccccc4c(-c4ccccc4)c3C2=O)cc(OC)c1OC. The first kappa shape index (κ1) is 21.5. The van der Waals surface area contributed by atoms with Crippen LogP contribution in [0.3, 0.4) is 0 Å². The maximum atomic E-state index is 13.8. The Bertz CT molecular complexity index is 1400. The van der Waals surface area contributed by atoms with Gasteiger partial charge in [0.2, 0.25) is 11.5 Å². The van der Waals surface area contributed by atoms with Gasteiger partial charge < -0.3 is 18.9 Å². The van der Waals surface area contributed by atoms with Gasteiger partial charge in [0.25, 0.3) is 0 Å². The minimum Gasteiger partial charge on any atom is -0.493 e. The topological polar surface area (TPSA) is 66.9 Å². The van der Waals surface area contributed by atoms with Gasteiger partial charge in [-0.05, 0) is 35.4 Å². The molecule has 0 atom stereocenters. The van der Waals surface area contributed by atoms with Crippen molar-refractivity contribution < 1.29 is 23.7 Å². The predicted octanol–water partition coefficient (Wildman–Crippen LogP) is 5.68. The molecule has 1 aromatic heterocycles. The van der Waals surface area contributed by atoms with Gasteiger partial charge >= 0.3 is 0 Å².